The van der Waals surface area contributed by atoms with Crippen molar-refractivity contribution in [2.24, 2.45) is 0 Å². The summed E-state index contributed by atoms with van der Waals surface area (Å²) in [6.07, 6.45) is 0. The molecule has 0 radical (unpaired) electrons. The number of nitrogens with one attached hydrogen (secondary N) is 2. The molecule has 2 amide bonds. The zero-order chi connectivity index (χ0) is 16.9. The van der Waals surface area contributed by atoms with Crippen LogP contribution in [-0.4, -0.2) is 6.03 Å². The second-order valence-electron chi connectivity index (χ2n) is 5.12. The largest absolute Gasteiger partial charge is 0.323 e. The number of para-hydroxylation sites is 1. The molecule has 120 valence electrons. The summed E-state index contributed by atoms with van der Waals surface area (Å²) >= 11 is 0. The van der Waals surface area contributed by atoms with Gasteiger partial charge >= 0.3 is 6.03 Å². The number of hydrogen-bond acceptors (Lipinski definition) is 1. The topological polar surface area (TPSA) is 41.1 Å². The Bertz CT molecular complexity index is 829. The fraction of sp³-hybridized carbons (Fsp3) is 0. The molecule has 3 nitrogen and oxygen atoms in total. The smallest absolute Gasteiger partial charge is 0.308 e. The normalized spacial score (nSPS) is 10.2. The number of halogens is 2. The van der Waals surface area contributed by atoms with Gasteiger partial charge in [-0.1, -0.05) is 48.5 Å². The van der Waals surface area contributed by atoms with E-state index in [9.17, 15) is 13.6 Å². The first-order valence-electron chi connectivity index (χ1n) is 7.31. The van der Waals surface area contributed by atoms with Gasteiger partial charge < -0.3 is 10.6 Å². The third-order valence-corrected chi connectivity index (χ3v) is 3.45. The molecule has 3 rings (SSSR count). The molecule has 5 heteroatoms. The van der Waals surface area contributed by atoms with Gasteiger partial charge in [-0.15, -0.1) is 0 Å². The maximum atomic E-state index is 13.5. The van der Waals surface area contributed by atoms with Crippen LogP contribution in [0.3, 0.4) is 0 Å². The van der Waals surface area contributed by atoms with Crippen molar-refractivity contribution in [1.82, 2.24) is 0 Å². The summed E-state index contributed by atoms with van der Waals surface area (Å²) in [4.78, 5) is 11.9. The van der Waals surface area contributed by atoms with Crippen LogP contribution < -0.4 is 10.6 Å². The van der Waals surface area contributed by atoms with Crippen LogP contribution in [0.4, 0.5) is 25.0 Å². The standard InChI is InChI=1S/C19H14F2N2O/c20-16-7-4-8-17(21)18(16)23-19(24)22-15-11-9-14(10-12-15)13-5-2-1-3-6-13/h1-12H,(H2,22,23,24). The zero-order valence-electron chi connectivity index (χ0n) is 12.6. The Kier molecular flexibility index (Phi) is 4.52. The Hall–Kier alpha value is -3.21. The van der Waals surface area contributed by atoms with Crippen molar-refractivity contribution in [3.05, 3.63) is 84.4 Å². The van der Waals surface area contributed by atoms with Crippen LogP contribution in [0.5, 0.6) is 0 Å². The lowest BCUT2D eigenvalue weighted by Gasteiger charge is -2.10. The van der Waals surface area contributed by atoms with E-state index in [1.54, 1.807) is 12.1 Å². The molecule has 2 N–H and O–H groups in total. The highest BCUT2D eigenvalue weighted by molar-refractivity contribution is 6.00. The number of carbonyl (C=O) groups is 1. The van der Waals surface area contributed by atoms with Crippen LogP contribution in [0.15, 0.2) is 72.8 Å². The van der Waals surface area contributed by atoms with Gasteiger partial charge in [0.05, 0.1) is 0 Å². The third-order valence-electron chi connectivity index (χ3n) is 3.45. The summed E-state index contributed by atoms with van der Waals surface area (Å²) in [6.45, 7) is 0. The van der Waals surface area contributed by atoms with Crippen LogP contribution in [0.2, 0.25) is 0 Å². The Labute approximate surface area is 138 Å². The van der Waals surface area contributed by atoms with Gasteiger partial charge in [0, 0.05) is 5.69 Å². The molecule has 0 saturated carbocycles. The molecule has 24 heavy (non-hydrogen) atoms. The molecule has 0 bridgehead atoms. The molecule has 0 aliphatic rings. The molecule has 0 heterocycles. The van der Waals surface area contributed by atoms with E-state index in [1.165, 1.54) is 6.07 Å². The first kappa shape index (κ1) is 15.7. The van der Waals surface area contributed by atoms with Crippen molar-refractivity contribution in [3.63, 3.8) is 0 Å². The number of hydrogen-bond donors (Lipinski definition) is 2. The highest BCUT2D eigenvalue weighted by Crippen LogP contribution is 2.22. The zero-order valence-corrected chi connectivity index (χ0v) is 12.6. The summed E-state index contributed by atoms with van der Waals surface area (Å²) in [6, 6.07) is 19.6. The number of carbonyl (C=O) groups excluding carboxylic acids is 1. The van der Waals surface area contributed by atoms with Crippen LogP contribution in [0.25, 0.3) is 11.1 Å². The second-order valence-corrected chi connectivity index (χ2v) is 5.12. The minimum atomic E-state index is -0.829. The van der Waals surface area contributed by atoms with Crippen molar-refractivity contribution in [1.29, 1.82) is 0 Å². The van der Waals surface area contributed by atoms with E-state index in [0.29, 0.717) is 5.69 Å². The Morgan fingerprint density at radius 2 is 1.25 bits per heavy atom. The van der Waals surface area contributed by atoms with Gasteiger partial charge in [0.2, 0.25) is 0 Å². The van der Waals surface area contributed by atoms with Crippen molar-refractivity contribution in [2.75, 3.05) is 10.6 Å². The number of amides is 2. The Morgan fingerprint density at radius 3 is 1.88 bits per heavy atom. The number of anilines is 2. The molecular formula is C19H14F2N2O. The molecule has 3 aromatic rings. The number of benzene rings is 3. The average Bonchev–Trinajstić information content (AvgIpc) is 2.60. The molecule has 0 atom stereocenters. The Morgan fingerprint density at radius 1 is 0.667 bits per heavy atom. The third kappa shape index (κ3) is 3.57. The fourth-order valence-electron chi connectivity index (χ4n) is 2.27. The van der Waals surface area contributed by atoms with E-state index in [4.69, 9.17) is 0 Å². The average molecular weight is 324 g/mol. The minimum absolute atomic E-state index is 0.476. The van der Waals surface area contributed by atoms with Crippen molar-refractivity contribution in [3.8, 4) is 11.1 Å². The quantitative estimate of drug-likeness (QED) is 0.676. The lowest BCUT2D eigenvalue weighted by molar-refractivity contribution is 0.262. The molecule has 0 fully saturated rings. The summed E-state index contributed by atoms with van der Waals surface area (Å²) in [5.74, 6) is -1.66. The van der Waals surface area contributed by atoms with E-state index in [0.717, 1.165) is 23.3 Å². The molecule has 0 aliphatic heterocycles. The SMILES string of the molecule is O=C(Nc1ccc(-c2ccccc2)cc1)Nc1c(F)cccc1F. The number of urea groups is 1. The summed E-state index contributed by atoms with van der Waals surface area (Å²) in [7, 11) is 0. The molecule has 0 spiro atoms. The van der Waals surface area contributed by atoms with Gasteiger partial charge in [-0.25, -0.2) is 13.6 Å². The van der Waals surface area contributed by atoms with Crippen molar-refractivity contribution < 1.29 is 13.6 Å². The summed E-state index contributed by atoms with van der Waals surface area (Å²) in [5.41, 5.74) is 2.10. The van der Waals surface area contributed by atoms with Gasteiger partial charge in [0.1, 0.15) is 17.3 Å². The van der Waals surface area contributed by atoms with Crippen molar-refractivity contribution >= 4 is 17.4 Å². The van der Waals surface area contributed by atoms with E-state index in [-0.39, 0.29) is 0 Å². The van der Waals surface area contributed by atoms with Gasteiger partial charge in [0.15, 0.2) is 0 Å². The van der Waals surface area contributed by atoms with Crippen molar-refractivity contribution in [2.45, 2.75) is 0 Å². The van der Waals surface area contributed by atoms with Crippen LogP contribution >= 0.6 is 0 Å². The fourth-order valence-corrected chi connectivity index (χ4v) is 2.27. The van der Waals surface area contributed by atoms with E-state index < -0.39 is 23.4 Å². The first-order valence-corrected chi connectivity index (χ1v) is 7.31. The van der Waals surface area contributed by atoms with E-state index >= 15 is 0 Å². The highest BCUT2D eigenvalue weighted by atomic mass is 19.1. The van der Waals surface area contributed by atoms with Gasteiger partial charge in [-0.3, -0.25) is 0 Å². The molecule has 3 aromatic carbocycles. The monoisotopic (exact) mass is 324 g/mol. The lowest BCUT2D eigenvalue weighted by atomic mass is 10.1. The van der Waals surface area contributed by atoms with Gasteiger partial charge in [-0.2, -0.15) is 0 Å². The van der Waals surface area contributed by atoms with Gasteiger partial charge in [0.25, 0.3) is 0 Å². The molecule has 0 aromatic heterocycles. The first-order chi connectivity index (χ1) is 11.6. The highest BCUT2D eigenvalue weighted by Gasteiger charge is 2.11. The minimum Gasteiger partial charge on any atom is -0.308 e. The van der Waals surface area contributed by atoms with Crippen LogP contribution in [-0.2, 0) is 0 Å². The summed E-state index contributed by atoms with van der Waals surface area (Å²) in [5, 5.41) is 4.71. The molecular weight excluding hydrogens is 310 g/mol. The molecule has 0 unspecified atom stereocenters. The maximum absolute atomic E-state index is 13.5. The summed E-state index contributed by atoms with van der Waals surface area (Å²) < 4.78 is 27.0. The second kappa shape index (κ2) is 6.91. The predicted octanol–water partition coefficient (Wildman–Crippen LogP) is 5.28. The molecule has 0 saturated heterocycles. The maximum Gasteiger partial charge on any atom is 0.323 e. The van der Waals surface area contributed by atoms with Gasteiger partial charge in [-0.05, 0) is 35.4 Å². The Balaban J connectivity index is 1.69. The van der Waals surface area contributed by atoms with E-state index in [1.807, 2.05) is 42.5 Å². The van der Waals surface area contributed by atoms with Crippen LogP contribution in [0.1, 0.15) is 0 Å². The molecule has 0 aliphatic carbocycles. The number of rotatable bonds is 3. The van der Waals surface area contributed by atoms with E-state index in [2.05, 4.69) is 10.6 Å². The lowest BCUT2D eigenvalue weighted by Crippen LogP contribution is -2.20. The van der Waals surface area contributed by atoms with Crippen LogP contribution in [0, 0.1) is 11.6 Å². The predicted molar refractivity (Wildman–Crippen MR) is 90.9 cm³/mol.